The minimum atomic E-state index is -0.240. The fraction of sp³-hybridized carbons (Fsp3) is 0.400. The van der Waals surface area contributed by atoms with Crippen LogP contribution in [0.15, 0.2) is 24.3 Å². The number of aryl methyl sites for hydroxylation is 1. The second kappa shape index (κ2) is 4.24. The normalized spacial score (nSPS) is 12.9. The highest BCUT2D eigenvalue weighted by Gasteiger charge is 2.02. The summed E-state index contributed by atoms with van der Waals surface area (Å²) in [6, 6.07) is 7.80. The smallest absolute Gasteiger partial charge is 0.0624 e. The molecule has 0 bridgehead atoms. The number of rotatable bonds is 3. The van der Waals surface area contributed by atoms with Crippen LogP contribution in [0.3, 0.4) is 0 Å². The van der Waals surface area contributed by atoms with Gasteiger partial charge >= 0.3 is 0 Å². The number of hydrogen-bond donors (Lipinski definition) is 2. The van der Waals surface area contributed by atoms with Crippen LogP contribution in [0, 0.1) is 0 Å². The molecule has 0 aliphatic rings. The Morgan fingerprint density at radius 1 is 1.33 bits per heavy atom. The largest absolute Gasteiger partial charge is 0.394 e. The van der Waals surface area contributed by atoms with E-state index < -0.39 is 0 Å². The number of aliphatic hydroxyl groups is 1. The zero-order chi connectivity index (χ0) is 8.97. The summed E-state index contributed by atoms with van der Waals surface area (Å²) >= 11 is 0. The Hall–Kier alpha value is -0.860. The Bertz CT molecular complexity index is 230. The first-order valence-electron chi connectivity index (χ1n) is 4.23. The number of hydrogen-bond acceptors (Lipinski definition) is 2. The average Bonchev–Trinajstić information content (AvgIpc) is 2.17. The molecule has 0 saturated heterocycles. The molecule has 1 atom stereocenters. The minimum Gasteiger partial charge on any atom is -0.394 e. The summed E-state index contributed by atoms with van der Waals surface area (Å²) in [5.74, 6) is 0. The van der Waals surface area contributed by atoms with Gasteiger partial charge in [-0.2, -0.15) is 0 Å². The van der Waals surface area contributed by atoms with Gasteiger partial charge in [0.25, 0.3) is 0 Å². The minimum absolute atomic E-state index is 0.00543. The molecule has 0 spiro atoms. The molecule has 2 nitrogen and oxygen atoms in total. The molecule has 1 rings (SSSR count). The van der Waals surface area contributed by atoms with Crippen molar-refractivity contribution < 1.29 is 5.11 Å². The standard InChI is InChI=1S/C10H15NO/c1-2-8-3-5-9(6-4-8)10(11)7-12/h3-6,10,12H,2,7,11H2,1H3/t10-/m0/s1. The van der Waals surface area contributed by atoms with Crippen molar-refractivity contribution in [3.05, 3.63) is 35.4 Å². The predicted molar refractivity (Wildman–Crippen MR) is 49.8 cm³/mol. The van der Waals surface area contributed by atoms with Crippen LogP contribution in [0.2, 0.25) is 0 Å². The summed E-state index contributed by atoms with van der Waals surface area (Å²) in [6.45, 7) is 2.12. The van der Waals surface area contributed by atoms with Crippen molar-refractivity contribution in [3.8, 4) is 0 Å². The number of nitrogens with two attached hydrogens (primary N) is 1. The van der Waals surface area contributed by atoms with Crippen LogP contribution in [0.25, 0.3) is 0 Å². The van der Waals surface area contributed by atoms with Gasteiger partial charge in [0, 0.05) is 0 Å². The molecule has 0 heterocycles. The molecule has 0 aliphatic heterocycles. The molecule has 2 heteroatoms. The van der Waals surface area contributed by atoms with Crippen LogP contribution in [0.1, 0.15) is 24.1 Å². The maximum atomic E-state index is 8.79. The zero-order valence-corrected chi connectivity index (χ0v) is 7.33. The van der Waals surface area contributed by atoms with Crippen molar-refractivity contribution in [1.29, 1.82) is 0 Å². The molecular weight excluding hydrogens is 150 g/mol. The van der Waals surface area contributed by atoms with E-state index in [1.807, 2.05) is 24.3 Å². The van der Waals surface area contributed by atoms with Crippen molar-refractivity contribution in [1.82, 2.24) is 0 Å². The lowest BCUT2D eigenvalue weighted by Crippen LogP contribution is -2.14. The second-order valence-electron chi connectivity index (χ2n) is 2.88. The zero-order valence-electron chi connectivity index (χ0n) is 7.33. The third kappa shape index (κ3) is 2.06. The highest BCUT2D eigenvalue weighted by molar-refractivity contribution is 5.24. The maximum Gasteiger partial charge on any atom is 0.0624 e. The fourth-order valence-electron chi connectivity index (χ4n) is 1.11. The van der Waals surface area contributed by atoms with Gasteiger partial charge in [-0.1, -0.05) is 31.2 Å². The molecule has 1 aromatic rings. The van der Waals surface area contributed by atoms with E-state index in [1.54, 1.807) is 0 Å². The fourth-order valence-corrected chi connectivity index (χ4v) is 1.11. The lowest BCUT2D eigenvalue weighted by molar-refractivity contribution is 0.268. The van der Waals surface area contributed by atoms with Gasteiger partial charge in [0.2, 0.25) is 0 Å². The molecule has 0 unspecified atom stereocenters. The lowest BCUT2D eigenvalue weighted by atomic mass is 10.1. The van der Waals surface area contributed by atoms with Gasteiger partial charge in [0.15, 0.2) is 0 Å². The molecule has 0 fully saturated rings. The van der Waals surface area contributed by atoms with Crippen molar-refractivity contribution >= 4 is 0 Å². The van der Waals surface area contributed by atoms with Gasteiger partial charge in [-0.25, -0.2) is 0 Å². The molecule has 12 heavy (non-hydrogen) atoms. The Labute approximate surface area is 73.0 Å². The van der Waals surface area contributed by atoms with Crippen LogP contribution < -0.4 is 5.73 Å². The molecular formula is C10H15NO. The molecule has 0 amide bonds. The summed E-state index contributed by atoms with van der Waals surface area (Å²) in [4.78, 5) is 0. The van der Waals surface area contributed by atoms with Crippen LogP contribution in [-0.2, 0) is 6.42 Å². The first kappa shape index (κ1) is 9.23. The average molecular weight is 165 g/mol. The van der Waals surface area contributed by atoms with Crippen molar-refractivity contribution in [3.63, 3.8) is 0 Å². The van der Waals surface area contributed by atoms with Crippen LogP contribution in [0.4, 0.5) is 0 Å². The van der Waals surface area contributed by atoms with Gasteiger partial charge in [0.1, 0.15) is 0 Å². The van der Waals surface area contributed by atoms with Gasteiger partial charge in [0.05, 0.1) is 12.6 Å². The number of benzene rings is 1. The SMILES string of the molecule is CCc1ccc([C@@H](N)CO)cc1. The van der Waals surface area contributed by atoms with E-state index in [0.29, 0.717) is 0 Å². The van der Waals surface area contributed by atoms with E-state index in [0.717, 1.165) is 12.0 Å². The van der Waals surface area contributed by atoms with Crippen LogP contribution in [-0.4, -0.2) is 11.7 Å². The van der Waals surface area contributed by atoms with E-state index >= 15 is 0 Å². The summed E-state index contributed by atoms with van der Waals surface area (Å²) in [5, 5.41) is 8.79. The maximum absolute atomic E-state index is 8.79. The first-order chi connectivity index (χ1) is 5.77. The van der Waals surface area contributed by atoms with E-state index in [2.05, 4.69) is 6.92 Å². The monoisotopic (exact) mass is 165 g/mol. The molecule has 0 saturated carbocycles. The van der Waals surface area contributed by atoms with E-state index in [-0.39, 0.29) is 12.6 Å². The van der Waals surface area contributed by atoms with Crippen molar-refractivity contribution in [2.45, 2.75) is 19.4 Å². The highest BCUT2D eigenvalue weighted by Crippen LogP contribution is 2.10. The topological polar surface area (TPSA) is 46.2 Å². The van der Waals surface area contributed by atoms with E-state index in [9.17, 15) is 0 Å². The van der Waals surface area contributed by atoms with E-state index in [4.69, 9.17) is 10.8 Å². The predicted octanol–water partition coefficient (Wildman–Crippen LogP) is 1.24. The third-order valence-electron chi connectivity index (χ3n) is 2.01. The Morgan fingerprint density at radius 2 is 1.92 bits per heavy atom. The van der Waals surface area contributed by atoms with Crippen LogP contribution >= 0.6 is 0 Å². The Kier molecular flexibility index (Phi) is 3.26. The summed E-state index contributed by atoms with van der Waals surface area (Å²) in [6.07, 6.45) is 1.04. The molecule has 1 aromatic carbocycles. The molecule has 66 valence electrons. The third-order valence-corrected chi connectivity index (χ3v) is 2.01. The Balaban J connectivity index is 2.77. The van der Waals surface area contributed by atoms with Gasteiger partial charge in [-0.05, 0) is 17.5 Å². The number of aliphatic hydroxyl groups excluding tert-OH is 1. The van der Waals surface area contributed by atoms with Gasteiger partial charge in [-0.3, -0.25) is 0 Å². The molecule has 0 radical (unpaired) electrons. The summed E-state index contributed by atoms with van der Waals surface area (Å²) < 4.78 is 0. The molecule has 3 N–H and O–H groups in total. The summed E-state index contributed by atoms with van der Waals surface area (Å²) in [5.41, 5.74) is 7.93. The first-order valence-corrected chi connectivity index (χ1v) is 4.23. The quantitative estimate of drug-likeness (QED) is 0.708. The van der Waals surface area contributed by atoms with Crippen molar-refractivity contribution in [2.24, 2.45) is 5.73 Å². The van der Waals surface area contributed by atoms with Gasteiger partial charge < -0.3 is 10.8 Å². The second-order valence-corrected chi connectivity index (χ2v) is 2.88. The highest BCUT2D eigenvalue weighted by atomic mass is 16.3. The Morgan fingerprint density at radius 3 is 2.33 bits per heavy atom. The molecule has 0 aromatic heterocycles. The van der Waals surface area contributed by atoms with Crippen LogP contribution in [0.5, 0.6) is 0 Å². The summed E-state index contributed by atoms with van der Waals surface area (Å²) in [7, 11) is 0. The van der Waals surface area contributed by atoms with Crippen molar-refractivity contribution in [2.75, 3.05) is 6.61 Å². The van der Waals surface area contributed by atoms with Gasteiger partial charge in [-0.15, -0.1) is 0 Å². The molecule has 0 aliphatic carbocycles. The van der Waals surface area contributed by atoms with E-state index in [1.165, 1.54) is 5.56 Å². The lowest BCUT2D eigenvalue weighted by Gasteiger charge is -2.08.